The Morgan fingerprint density at radius 1 is 1.26 bits per heavy atom. The molecular formula is C16H20BrNO. The van der Waals surface area contributed by atoms with Crippen molar-refractivity contribution in [2.24, 2.45) is 17.6 Å². The molecule has 0 aliphatic heterocycles. The van der Waals surface area contributed by atoms with Crippen LogP contribution in [0.2, 0.25) is 0 Å². The van der Waals surface area contributed by atoms with Gasteiger partial charge < -0.3 is 10.2 Å². The van der Waals surface area contributed by atoms with Crippen molar-refractivity contribution in [2.45, 2.75) is 38.6 Å². The number of halogens is 1. The van der Waals surface area contributed by atoms with E-state index < -0.39 is 0 Å². The Bertz CT molecular complexity index is 569. The summed E-state index contributed by atoms with van der Waals surface area (Å²) in [5, 5.41) is 1.13. The van der Waals surface area contributed by atoms with Gasteiger partial charge in [-0.05, 0) is 52.7 Å². The second-order valence-corrected chi connectivity index (χ2v) is 6.71. The van der Waals surface area contributed by atoms with Gasteiger partial charge in [0.05, 0.1) is 10.5 Å². The monoisotopic (exact) mass is 321 g/mol. The third-order valence-corrected chi connectivity index (χ3v) is 5.04. The van der Waals surface area contributed by atoms with Gasteiger partial charge in [-0.1, -0.05) is 31.9 Å². The molecular weight excluding hydrogens is 302 g/mol. The van der Waals surface area contributed by atoms with Gasteiger partial charge >= 0.3 is 0 Å². The Labute approximate surface area is 122 Å². The number of fused-ring (bicyclic) bond motifs is 1. The van der Waals surface area contributed by atoms with Crippen molar-refractivity contribution in [1.29, 1.82) is 0 Å². The van der Waals surface area contributed by atoms with Gasteiger partial charge in [0, 0.05) is 5.39 Å². The Kier molecular flexibility index (Phi) is 3.68. The molecule has 0 radical (unpaired) electrons. The first-order valence-electron chi connectivity index (χ1n) is 7.08. The van der Waals surface area contributed by atoms with E-state index in [0.717, 1.165) is 27.1 Å². The molecule has 1 fully saturated rings. The molecule has 2 aromatic rings. The van der Waals surface area contributed by atoms with E-state index in [-0.39, 0.29) is 6.04 Å². The molecule has 2 N–H and O–H groups in total. The van der Waals surface area contributed by atoms with E-state index in [2.05, 4.69) is 35.0 Å². The smallest absolute Gasteiger partial charge is 0.148 e. The molecule has 1 aliphatic rings. The van der Waals surface area contributed by atoms with E-state index in [1.807, 2.05) is 12.1 Å². The third kappa shape index (κ3) is 2.59. The lowest BCUT2D eigenvalue weighted by molar-refractivity contribution is 0.241. The zero-order valence-corrected chi connectivity index (χ0v) is 12.8. The van der Waals surface area contributed by atoms with Crippen LogP contribution in [-0.2, 0) is 0 Å². The summed E-state index contributed by atoms with van der Waals surface area (Å²) in [6.45, 7) is 2.33. The van der Waals surface area contributed by atoms with Crippen molar-refractivity contribution in [2.75, 3.05) is 0 Å². The normalized spacial score (nSPS) is 25.6. The first-order chi connectivity index (χ1) is 9.15. The van der Waals surface area contributed by atoms with Gasteiger partial charge in [0.25, 0.3) is 0 Å². The molecule has 1 aliphatic carbocycles. The molecule has 19 heavy (non-hydrogen) atoms. The summed E-state index contributed by atoms with van der Waals surface area (Å²) in [6.07, 6.45) is 5.03. The molecule has 0 bridgehead atoms. The maximum atomic E-state index is 6.42. The van der Waals surface area contributed by atoms with Crippen molar-refractivity contribution in [1.82, 2.24) is 0 Å². The minimum Gasteiger partial charge on any atom is -0.458 e. The Hall–Kier alpha value is -0.800. The van der Waals surface area contributed by atoms with E-state index in [0.29, 0.717) is 5.92 Å². The lowest BCUT2D eigenvalue weighted by atomic mass is 9.79. The topological polar surface area (TPSA) is 39.2 Å². The second kappa shape index (κ2) is 5.29. The fourth-order valence-electron chi connectivity index (χ4n) is 3.09. The highest BCUT2D eigenvalue weighted by Gasteiger charge is 2.27. The highest BCUT2D eigenvalue weighted by molar-refractivity contribution is 9.10. The molecule has 3 heteroatoms. The van der Waals surface area contributed by atoms with Crippen molar-refractivity contribution in [3.63, 3.8) is 0 Å². The van der Waals surface area contributed by atoms with Crippen LogP contribution in [0.15, 0.2) is 33.2 Å². The average Bonchev–Trinajstić information content (AvgIpc) is 2.84. The molecule has 1 unspecified atom stereocenters. The summed E-state index contributed by atoms with van der Waals surface area (Å²) in [7, 11) is 0. The number of hydrogen-bond acceptors (Lipinski definition) is 2. The predicted octanol–water partition coefficient (Wildman–Crippen LogP) is 5.02. The molecule has 3 rings (SSSR count). The Morgan fingerprint density at radius 2 is 2.00 bits per heavy atom. The number of hydrogen-bond donors (Lipinski definition) is 1. The van der Waals surface area contributed by atoms with Crippen LogP contribution < -0.4 is 5.73 Å². The molecule has 1 aromatic carbocycles. The van der Waals surface area contributed by atoms with Gasteiger partial charge in [-0.25, -0.2) is 0 Å². The largest absolute Gasteiger partial charge is 0.458 e. The van der Waals surface area contributed by atoms with Crippen molar-refractivity contribution < 1.29 is 4.42 Å². The lowest BCUT2D eigenvalue weighted by Gasteiger charge is -2.29. The molecule has 0 saturated heterocycles. The molecule has 1 atom stereocenters. The fourth-order valence-corrected chi connectivity index (χ4v) is 3.55. The Balaban J connectivity index is 1.85. The molecule has 0 spiro atoms. The van der Waals surface area contributed by atoms with Crippen LogP contribution in [0.1, 0.15) is 44.4 Å². The second-order valence-electron chi connectivity index (χ2n) is 5.85. The summed E-state index contributed by atoms with van der Waals surface area (Å²) >= 11 is 3.53. The maximum Gasteiger partial charge on any atom is 0.148 e. The van der Waals surface area contributed by atoms with Crippen molar-refractivity contribution >= 4 is 26.9 Å². The summed E-state index contributed by atoms with van der Waals surface area (Å²) in [4.78, 5) is 0. The summed E-state index contributed by atoms with van der Waals surface area (Å²) in [5.41, 5.74) is 7.33. The third-order valence-electron chi connectivity index (χ3n) is 4.41. The molecule has 2 nitrogen and oxygen atoms in total. The van der Waals surface area contributed by atoms with Gasteiger partial charge in [-0.15, -0.1) is 0 Å². The van der Waals surface area contributed by atoms with Crippen LogP contribution in [-0.4, -0.2) is 0 Å². The standard InChI is InChI=1S/C16H20BrNO/c1-10-5-7-11(8-6-10)15(18)14-9-12-3-2-4-13(17)16(12)19-14/h2-4,9-11,15H,5-8,18H2,1H3. The molecule has 1 heterocycles. The van der Waals surface area contributed by atoms with Crippen LogP contribution in [0.3, 0.4) is 0 Å². The summed E-state index contributed by atoms with van der Waals surface area (Å²) in [5.74, 6) is 2.35. The van der Waals surface area contributed by atoms with Crippen molar-refractivity contribution in [3.05, 3.63) is 34.5 Å². The molecule has 0 amide bonds. The molecule has 1 saturated carbocycles. The van der Waals surface area contributed by atoms with E-state index in [9.17, 15) is 0 Å². The minimum atomic E-state index is 0.0341. The van der Waals surface area contributed by atoms with E-state index in [4.69, 9.17) is 10.2 Å². The van der Waals surface area contributed by atoms with Crippen molar-refractivity contribution in [3.8, 4) is 0 Å². The van der Waals surface area contributed by atoms with Gasteiger partial charge in [-0.3, -0.25) is 0 Å². The number of furan rings is 1. The van der Waals surface area contributed by atoms with Crippen LogP contribution in [0.4, 0.5) is 0 Å². The first-order valence-corrected chi connectivity index (χ1v) is 7.88. The van der Waals surface area contributed by atoms with Crippen LogP contribution in [0.5, 0.6) is 0 Å². The molecule has 102 valence electrons. The lowest BCUT2D eigenvalue weighted by Crippen LogP contribution is -2.25. The van der Waals surface area contributed by atoms with Gasteiger partial charge in [-0.2, -0.15) is 0 Å². The average molecular weight is 322 g/mol. The van der Waals surface area contributed by atoms with Crippen LogP contribution >= 0.6 is 15.9 Å². The number of rotatable bonds is 2. The van der Waals surface area contributed by atoms with E-state index in [1.54, 1.807) is 0 Å². The summed E-state index contributed by atoms with van der Waals surface area (Å²) < 4.78 is 6.97. The van der Waals surface area contributed by atoms with Crippen LogP contribution in [0, 0.1) is 11.8 Å². The zero-order valence-electron chi connectivity index (χ0n) is 11.2. The van der Waals surface area contributed by atoms with Gasteiger partial charge in [0.15, 0.2) is 0 Å². The summed E-state index contributed by atoms with van der Waals surface area (Å²) in [6, 6.07) is 8.24. The maximum absolute atomic E-state index is 6.42. The number of nitrogens with two attached hydrogens (primary N) is 1. The minimum absolute atomic E-state index is 0.0341. The predicted molar refractivity (Wildman–Crippen MR) is 82.0 cm³/mol. The highest BCUT2D eigenvalue weighted by Crippen LogP contribution is 2.38. The zero-order chi connectivity index (χ0) is 13.4. The van der Waals surface area contributed by atoms with E-state index in [1.165, 1.54) is 25.7 Å². The SMILES string of the molecule is CC1CCC(C(N)c2cc3cccc(Br)c3o2)CC1. The Morgan fingerprint density at radius 3 is 2.68 bits per heavy atom. The number of para-hydroxylation sites is 1. The quantitative estimate of drug-likeness (QED) is 0.843. The fraction of sp³-hybridized carbons (Fsp3) is 0.500. The molecule has 1 aromatic heterocycles. The van der Waals surface area contributed by atoms with Gasteiger partial charge in [0.2, 0.25) is 0 Å². The van der Waals surface area contributed by atoms with E-state index >= 15 is 0 Å². The first kappa shape index (κ1) is 13.2. The highest BCUT2D eigenvalue weighted by atomic mass is 79.9. The van der Waals surface area contributed by atoms with Crippen LogP contribution in [0.25, 0.3) is 11.0 Å². The van der Waals surface area contributed by atoms with Gasteiger partial charge in [0.1, 0.15) is 11.3 Å². The number of benzene rings is 1.